The molecule has 4 rings (SSSR count). The van der Waals surface area contributed by atoms with Gasteiger partial charge in [-0.1, -0.05) is 24.3 Å². The molecule has 34 heavy (non-hydrogen) atoms. The molecule has 0 saturated carbocycles. The van der Waals surface area contributed by atoms with E-state index >= 15 is 0 Å². The average Bonchev–Trinajstić information content (AvgIpc) is 2.84. The maximum absolute atomic E-state index is 11.3. The van der Waals surface area contributed by atoms with Crippen LogP contribution in [0.25, 0.3) is 11.1 Å². The van der Waals surface area contributed by atoms with Crippen LogP contribution in [-0.4, -0.2) is 58.3 Å². The summed E-state index contributed by atoms with van der Waals surface area (Å²) in [5.74, 6) is 0.583. The first-order chi connectivity index (χ1) is 16.5. The molecule has 2 aromatic carbocycles. The number of rotatable bonds is 8. The van der Waals surface area contributed by atoms with Crippen LogP contribution in [0.4, 0.5) is 0 Å². The Bertz CT molecular complexity index is 1000. The molecule has 0 spiro atoms. The van der Waals surface area contributed by atoms with Crippen molar-refractivity contribution in [3.8, 4) is 22.6 Å². The highest BCUT2D eigenvalue weighted by Crippen LogP contribution is 2.37. The van der Waals surface area contributed by atoms with E-state index in [1.807, 2.05) is 24.3 Å². The Morgan fingerprint density at radius 2 is 1.59 bits per heavy atom. The van der Waals surface area contributed by atoms with Crippen molar-refractivity contribution < 1.29 is 10.2 Å². The van der Waals surface area contributed by atoms with Crippen LogP contribution in [0.1, 0.15) is 42.4 Å². The van der Waals surface area contributed by atoms with Gasteiger partial charge >= 0.3 is 0 Å². The van der Waals surface area contributed by atoms with Gasteiger partial charge in [-0.25, -0.2) is 0 Å². The molecule has 0 radical (unpaired) electrons. The summed E-state index contributed by atoms with van der Waals surface area (Å²) in [6.45, 7) is 12.8. The maximum Gasteiger partial charge on any atom is 0.127 e. The molecule has 2 saturated heterocycles. The molecule has 5 nitrogen and oxygen atoms in total. The Labute approximate surface area is 204 Å². The lowest BCUT2D eigenvalue weighted by Gasteiger charge is -2.41. The summed E-state index contributed by atoms with van der Waals surface area (Å²) in [5, 5.41) is 21.5. The van der Waals surface area contributed by atoms with E-state index < -0.39 is 0 Å². The third kappa shape index (κ3) is 5.72. The van der Waals surface area contributed by atoms with Crippen molar-refractivity contribution in [3.05, 3.63) is 72.3 Å². The smallest absolute Gasteiger partial charge is 0.127 e. The lowest BCUT2D eigenvalue weighted by molar-refractivity contribution is 0.0849. The molecule has 2 aromatic rings. The quantitative estimate of drug-likeness (QED) is 0.501. The number of piperidine rings is 2. The van der Waals surface area contributed by atoms with Crippen LogP contribution < -0.4 is 5.73 Å². The zero-order chi connectivity index (χ0) is 24.1. The lowest BCUT2D eigenvalue weighted by atomic mass is 9.94. The number of likely N-dealkylation sites (tertiary alicyclic amines) is 2. The van der Waals surface area contributed by atoms with E-state index in [2.05, 4.69) is 29.0 Å². The van der Waals surface area contributed by atoms with E-state index in [0.717, 1.165) is 92.6 Å². The van der Waals surface area contributed by atoms with Crippen LogP contribution in [0.2, 0.25) is 0 Å². The van der Waals surface area contributed by atoms with Crippen molar-refractivity contribution in [2.45, 2.75) is 57.2 Å². The highest BCUT2D eigenvalue weighted by molar-refractivity contribution is 5.74. The largest absolute Gasteiger partial charge is 0.508 e. The predicted octanol–water partition coefficient (Wildman–Crippen LogP) is 4.61. The third-order valence-electron chi connectivity index (χ3n) is 7.43. The summed E-state index contributed by atoms with van der Waals surface area (Å²) in [6.07, 6.45) is 9.55. The normalized spacial score (nSPS) is 18.7. The molecule has 182 valence electrons. The molecule has 4 N–H and O–H groups in total. The minimum atomic E-state index is 0.254. The van der Waals surface area contributed by atoms with Crippen LogP contribution in [0.3, 0.4) is 0 Å². The zero-order valence-corrected chi connectivity index (χ0v) is 20.3. The fourth-order valence-electron chi connectivity index (χ4n) is 5.43. The van der Waals surface area contributed by atoms with E-state index in [1.54, 1.807) is 12.1 Å². The molecule has 2 aliphatic rings. The number of allylic oxidation sites excluding steroid dienone is 2. The fourth-order valence-corrected chi connectivity index (χ4v) is 5.43. The number of aromatic hydroxyl groups is 2. The topological polar surface area (TPSA) is 73.0 Å². The van der Waals surface area contributed by atoms with Crippen LogP contribution >= 0.6 is 0 Å². The van der Waals surface area contributed by atoms with Crippen molar-refractivity contribution in [2.24, 2.45) is 5.73 Å². The predicted molar refractivity (Wildman–Crippen MR) is 140 cm³/mol. The van der Waals surface area contributed by atoms with Crippen molar-refractivity contribution in [3.63, 3.8) is 0 Å². The summed E-state index contributed by atoms with van der Waals surface area (Å²) < 4.78 is 0. The van der Waals surface area contributed by atoms with Gasteiger partial charge in [0.25, 0.3) is 0 Å². The Morgan fingerprint density at radius 1 is 0.882 bits per heavy atom. The first-order valence-electron chi connectivity index (χ1n) is 12.6. The van der Waals surface area contributed by atoms with Crippen molar-refractivity contribution in [2.75, 3.05) is 26.2 Å². The van der Waals surface area contributed by atoms with Gasteiger partial charge < -0.3 is 20.8 Å². The molecule has 2 heterocycles. The number of nitrogens with two attached hydrogens (primary N) is 1. The van der Waals surface area contributed by atoms with Crippen LogP contribution in [0, 0.1) is 0 Å². The molecule has 0 aromatic heterocycles. The van der Waals surface area contributed by atoms with Crippen LogP contribution in [0.15, 0.2) is 55.6 Å². The average molecular weight is 462 g/mol. The lowest BCUT2D eigenvalue weighted by Crippen LogP contribution is -2.49. The highest BCUT2D eigenvalue weighted by Gasteiger charge is 2.27. The molecule has 0 unspecified atom stereocenters. The molecule has 0 amide bonds. The fraction of sp³-hybridized carbons (Fsp3) is 0.448. The molecule has 0 aliphatic carbocycles. The molecule has 5 heteroatoms. The molecular formula is C29H39N3O2. The summed E-state index contributed by atoms with van der Waals surface area (Å²) in [4.78, 5) is 5.09. The van der Waals surface area contributed by atoms with E-state index in [0.29, 0.717) is 24.3 Å². The first kappa shape index (κ1) is 24.5. The summed E-state index contributed by atoms with van der Waals surface area (Å²) in [7, 11) is 0. The van der Waals surface area contributed by atoms with Gasteiger partial charge in [0.1, 0.15) is 11.5 Å². The summed E-state index contributed by atoms with van der Waals surface area (Å²) in [6, 6.07) is 10.7. The second-order valence-electron chi connectivity index (χ2n) is 9.86. The Kier molecular flexibility index (Phi) is 8.09. The van der Waals surface area contributed by atoms with Gasteiger partial charge in [-0.3, -0.25) is 4.90 Å². The SMILES string of the molecule is C=CCc1cc(CN2CCC(N3CCC(N)CC3)CC2)c(O)c(-c2ccc(O)c(CC=C)c2)c1. The van der Waals surface area contributed by atoms with E-state index in [1.165, 1.54) is 0 Å². The third-order valence-corrected chi connectivity index (χ3v) is 7.43. The van der Waals surface area contributed by atoms with Crippen molar-refractivity contribution >= 4 is 0 Å². The van der Waals surface area contributed by atoms with E-state index in [4.69, 9.17) is 5.73 Å². The number of nitrogens with zero attached hydrogens (tertiary/aromatic N) is 2. The van der Waals surface area contributed by atoms with Gasteiger partial charge in [0.15, 0.2) is 0 Å². The number of hydrogen-bond donors (Lipinski definition) is 3. The molecule has 0 bridgehead atoms. The number of phenolic OH excluding ortho intramolecular Hbond substituents is 2. The molecular weight excluding hydrogens is 422 g/mol. The second-order valence-corrected chi connectivity index (χ2v) is 9.86. The zero-order valence-electron chi connectivity index (χ0n) is 20.3. The van der Waals surface area contributed by atoms with Gasteiger partial charge in [-0.05, 0) is 99.6 Å². The van der Waals surface area contributed by atoms with Crippen molar-refractivity contribution in [1.29, 1.82) is 0 Å². The molecule has 0 atom stereocenters. The van der Waals surface area contributed by atoms with Crippen LogP contribution in [-0.2, 0) is 19.4 Å². The minimum Gasteiger partial charge on any atom is -0.508 e. The number of benzene rings is 2. The molecule has 2 aliphatic heterocycles. The van der Waals surface area contributed by atoms with E-state index in [9.17, 15) is 10.2 Å². The summed E-state index contributed by atoms with van der Waals surface area (Å²) >= 11 is 0. The highest BCUT2D eigenvalue weighted by atomic mass is 16.3. The Morgan fingerprint density at radius 3 is 2.26 bits per heavy atom. The minimum absolute atomic E-state index is 0.254. The Hall–Kier alpha value is -2.60. The first-order valence-corrected chi connectivity index (χ1v) is 12.6. The second kappa shape index (κ2) is 11.2. The van der Waals surface area contributed by atoms with Crippen LogP contribution in [0.5, 0.6) is 11.5 Å². The monoisotopic (exact) mass is 461 g/mol. The number of phenols is 2. The standard InChI is InChI=1S/C29H39N3O2/c1-3-5-21-17-24(20-31-13-11-26(12-14-31)32-15-9-25(30)10-16-32)29(34)27(18-21)22-7-8-28(33)23(19-22)6-4-2/h3-4,7-8,17-19,25-26,33-34H,1-2,5-6,9-16,20,30H2. The van der Waals surface area contributed by atoms with Gasteiger partial charge in [-0.2, -0.15) is 0 Å². The van der Waals surface area contributed by atoms with Gasteiger partial charge in [0.05, 0.1) is 0 Å². The Balaban J connectivity index is 1.51. The number of hydrogen-bond acceptors (Lipinski definition) is 5. The van der Waals surface area contributed by atoms with Gasteiger partial charge in [0, 0.05) is 29.8 Å². The van der Waals surface area contributed by atoms with Gasteiger partial charge in [-0.15, -0.1) is 13.2 Å². The van der Waals surface area contributed by atoms with Gasteiger partial charge in [0.2, 0.25) is 0 Å². The maximum atomic E-state index is 11.3. The van der Waals surface area contributed by atoms with Crippen molar-refractivity contribution in [1.82, 2.24) is 9.80 Å². The summed E-state index contributed by atoms with van der Waals surface area (Å²) in [5.41, 5.74) is 10.7. The van der Waals surface area contributed by atoms with E-state index in [-0.39, 0.29) is 5.75 Å². The molecule has 2 fully saturated rings.